The highest BCUT2D eigenvalue weighted by Gasteiger charge is 2.53. The molecule has 2 N–H and O–H groups in total. The Kier molecular flexibility index (Phi) is 6.91. The van der Waals surface area contributed by atoms with Gasteiger partial charge in [-0.05, 0) is 110 Å². The first-order valence-electron chi connectivity index (χ1n) is 15.9. The van der Waals surface area contributed by atoms with E-state index in [1.165, 1.54) is 77.0 Å². The second kappa shape index (κ2) is 10.6. The molecule has 1 unspecified atom stereocenters. The maximum absolute atomic E-state index is 13.7. The summed E-state index contributed by atoms with van der Waals surface area (Å²) in [5.74, 6) is 1.05. The molecule has 6 nitrogen and oxygen atoms in total. The normalized spacial score (nSPS) is 28.9. The molecule has 1 atom stereocenters. The highest BCUT2D eigenvalue weighted by Crippen LogP contribution is 2.64. The summed E-state index contributed by atoms with van der Waals surface area (Å²) in [4.78, 5) is 30.6. The first-order chi connectivity index (χ1) is 19.9. The zero-order valence-corrected chi connectivity index (χ0v) is 24.1. The summed E-state index contributed by atoms with van der Waals surface area (Å²) in [6, 6.07) is 15.2. The third kappa shape index (κ3) is 5.30. The van der Waals surface area contributed by atoms with Gasteiger partial charge in [-0.25, -0.2) is 4.98 Å². The Morgan fingerprint density at radius 2 is 1.61 bits per heavy atom. The Balaban J connectivity index is 1.10. The Morgan fingerprint density at radius 1 is 0.927 bits per heavy atom. The second-order valence-corrected chi connectivity index (χ2v) is 14.2. The summed E-state index contributed by atoms with van der Waals surface area (Å²) in [7, 11) is 0. The van der Waals surface area contributed by atoms with E-state index in [2.05, 4.69) is 10.3 Å². The summed E-state index contributed by atoms with van der Waals surface area (Å²) in [5, 5.41) is 13.4. The Bertz CT molecular complexity index is 1390. The topological polar surface area (TPSA) is 83.7 Å². The lowest BCUT2D eigenvalue weighted by Gasteiger charge is -2.59. The fraction of sp³-hybridized carbons (Fsp3) is 0.571. The predicted molar refractivity (Wildman–Crippen MR) is 159 cm³/mol. The molecule has 3 aromatic rings. The van der Waals surface area contributed by atoms with Crippen molar-refractivity contribution in [2.24, 2.45) is 28.6 Å². The number of rotatable bonds is 9. The third-order valence-corrected chi connectivity index (χ3v) is 11.1. The van der Waals surface area contributed by atoms with Crippen LogP contribution < -0.4 is 5.32 Å². The summed E-state index contributed by atoms with van der Waals surface area (Å²) < 4.78 is 1.78. The Labute approximate surface area is 242 Å². The van der Waals surface area contributed by atoms with Crippen LogP contribution in [0, 0.1) is 28.6 Å². The van der Waals surface area contributed by atoms with Crippen molar-refractivity contribution in [2.45, 2.75) is 89.4 Å². The smallest absolute Gasteiger partial charge is 0.312 e. The minimum Gasteiger partial charge on any atom is -0.481 e. The van der Waals surface area contributed by atoms with Crippen molar-refractivity contribution in [2.75, 3.05) is 6.54 Å². The molecule has 2 aromatic heterocycles. The van der Waals surface area contributed by atoms with Gasteiger partial charge < -0.3 is 10.4 Å². The van der Waals surface area contributed by atoms with Crippen LogP contribution in [0.1, 0.15) is 105 Å². The number of carboxylic acid groups (broad SMARTS) is 1. The van der Waals surface area contributed by atoms with E-state index in [1.807, 2.05) is 48.5 Å². The van der Waals surface area contributed by atoms with Crippen molar-refractivity contribution in [1.29, 1.82) is 0 Å². The molecule has 0 saturated heterocycles. The van der Waals surface area contributed by atoms with Crippen LogP contribution in [0.4, 0.5) is 0 Å². The molecule has 5 aliphatic carbocycles. The maximum Gasteiger partial charge on any atom is 0.312 e. The molecule has 41 heavy (non-hydrogen) atoms. The Morgan fingerprint density at radius 3 is 2.27 bits per heavy atom. The van der Waals surface area contributed by atoms with E-state index in [9.17, 15) is 14.7 Å². The van der Waals surface area contributed by atoms with Crippen LogP contribution in [0.25, 0.3) is 5.65 Å². The molecule has 1 aromatic carbocycles. The highest BCUT2D eigenvalue weighted by molar-refractivity contribution is 5.93. The van der Waals surface area contributed by atoms with Gasteiger partial charge in [0.15, 0.2) is 0 Å². The van der Waals surface area contributed by atoms with E-state index in [-0.39, 0.29) is 11.3 Å². The minimum absolute atomic E-state index is 0.0926. The lowest BCUT2D eigenvalue weighted by Crippen LogP contribution is -2.50. The summed E-state index contributed by atoms with van der Waals surface area (Å²) in [6.07, 6.45) is 18.3. The molecule has 5 saturated carbocycles. The van der Waals surface area contributed by atoms with Crippen LogP contribution in [0.5, 0.6) is 0 Å². The standard InChI is InChI=1S/C35H43N3O3/c39-32(30-10-7-11-31-37-29(21-38(30)31)28(33(40)41)17-24-8-3-1-4-9-24)36-23-34(12-5-2-6-13-34)22-35-18-25-14-26(19-35)16-27(15-25)20-35/h1,3-4,7-11,21,25-28H,2,5-6,12-20,22-23H2,(H,36,39)(H,40,41). The minimum atomic E-state index is -0.910. The number of hydrogen-bond donors (Lipinski definition) is 2. The first kappa shape index (κ1) is 26.7. The number of pyridine rings is 1. The van der Waals surface area contributed by atoms with Crippen LogP contribution in [0.3, 0.4) is 0 Å². The fourth-order valence-electron chi connectivity index (χ4n) is 9.93. The summed E-state index contributed by atoms with van der Waals surface area (Å²) in [6.45, 7) is 0.733. The van der Waals surface area contributed by atoms with Crippen molar-refractivity contribution in [3.05, 3.63) is 71.7 Å². The van der Waals surface area contributed by atoms with E-state index in [0.29, 0.717) is 28.9 Å². The van der Waals surface area contributed by atoms with Crippen molar-refractivity contribution in [1.82, 2.24) is 14.7 Å². The predicted octanol–water partition coefficient (Wildman–Crippen LogP) is 7.03. The first-order valence-corrected chi connectivity index (χ1v) is 15.9. The zero-order chi connectivity index (χ0) is 28.0. The average molecular weight is 554 g/mol. The molecule has 8 rings (SSSR count). The molecule has 5 fully saturated rings. The van der Waals surface area contributed by atoms with Gasteiger partial charge >= 0.3 is 5.97 Å². The molecular formula is C35H43N3O3. The van der Waals surface area contributed by atoms with Gasteiger partial charge in [0.2, 0.25) is 0 Å². The van der Waals surface area contributed by atoms with Gasteiger partial charge in [0.05, 0.1) is 5.69 Å². The van der Waals surface area contributed by atoms with E-state index < -0.39 is 11.9 Å². The molecular weight excluding hydrogens is 510 g/mol. The number of imidazole rings is 1. The summed E-state index contributed by atoms with van der Waals surface area (Å²) in [5.41, 5.74) is 3.25. The van der Waals surface area contributed by atoms with Gasteiger partial charge in [-0.1, -0.05) is 55.7 Å². The summed E-state index contributed by atoms with van der Waals surface area (Å²) >= 11 is 0. The number of aromatic nitrogens is 2. The largest absolute Gasteiger partial charge is 0.481 e. The number of nitrogens with zero attached hydrogens (tertiary/aromatic N) is 2. The van der Waals surface area contributed by atoms with Crippen molar-refractivity contribution in [3.8, 4) is 0 Å². The number of hydrogen-bond acceptors (Lipinski definition) is 3. The number of carbonyl (C=O) groups is 2. The van der Waals surface area contributed by atoms with Crippen molar-refractivity contribution in [3.63, 3.8) is 0 Å². The third-order valence-electron chi connectivity index (χ3n) is 11.1. The second-order valence-electron chi connectivity index (χ2n) is 14.2. The monoisotopic (exact) mass is 553 g/mol. The molecule has 6 heteroatoms. The van der Waals surface area contributed by atoms with Gasteiger partial charge in [0.25, 0.3) is 5.91 Å². The lowest BCUT2D eigenvalue weighted by atomic mass is 9.46. The fourth-order valence-corrected chi connectivity index (χ4v) is 9.93. The molecule has 0 spiro atoms. The molecule has 216 valence electrons. The number of benzene rings is 1. The van der Waals surface area contributed by atoms with Gasteiger partial charge in [0, 0.05) is 12.7 Å². The van der Waals surface area contributed by atoms with Crippen LogP contribution >= 0.6 is 0 Å². The number of carboxylic acids is 1. The van der Waals surface area contributed by atoms with Crippen LogP contribution in [-0.2, 0) is 11.2 Å². The molecule has 1 amide bonds. The van der Waals surface area contributed by atoms with Gasteiger partial charge in [-0.3, -0.25) is 14.0 Å². The van der Waals surface area contributed by atoms with E-state index in [1.54, 1.807) is 10.6 Å². The van der Waals surface area contributed by atoms with Crippen LogP contribution in [0.2, 0.25) is 0 Å². The average Bonchev–Trinajstić information content (AvgIpc) is 3.39. The van der Waals surface area contributed by atoms with Gasteiger partial charge in [-0.15, -0.1) is 0 Å². The lowest BCUT2D eigenvalue weighted by molar-refractivity contribution is -0.138. The van der Waals surface area contributed by atoms with Crippen molar-refractivity contribution >= 4 is 17.5 Å². The van der Waals surface area contributed by atoms with Crippen molar-refractivity contribution < 1.29 is 14.7 Å². The number of aliphatic carboxylic acids is 1. The van der Waals surface area contributed by atoms with Gasteiger partial charge in [-0.2, -0.15) is 0 Å². The highest BCUT2D eigenvalue weighted by atomic mass is 16.4. The molecule has 0 aliphatic heterocycles. The van der Waals surface area contributed by atoms with E-state index >= 15 is 0 Å². The zero-order valence-electron chi connectivity index (χ0n) is 24.1. The molecule has 0 radical (unpaired) electrons. The number of carbonyl (C=O) groups excluding carboxylic acids is 1. The van der Waals surface area contributed by atoms with Crippen LogP contribution in [0.15, 0.2) is 54.7 Å². The quantitative estimate of drug-likeness (QED) is 0.298. The van der Waals surface area contributed by atoms with Crippen LogP contribution in [-0.4, -0.2) is 32.9 Å². The number of nitrogens with one attached hydrogen (secondary N) is 1. The molecule has 5 aliphatic rings. The van der Waals surface area contributed by atoms with Gasteiger partial charge in [0.1, 0.15) is 17.3 Å². The van der Waals surface area contributed by atoms with E-state index in [0.717, 1.165) is 29.9 Å². The molecule has 2 heterocycles. The molecule has 4 bridgehead atoms. The van der Waals surface area contributed by atoms with E-state index in [4.69, 9.17) is 0 Å². The SMILES string of the molecule is O=C(NCC1(CC23CC4CC(CC(C4)C2)C3)CCCCC1)c1cccc2nc(C(Cc3ccccc3)C(=O)O)cn12. The maximum atomic E-state index is 13.7. The number of fused-ring (bicyclic) bond motifs is 1. The number of amides is 1. The Hall–Kier alpha value is -3.15.